The molecule has 7 nitrogen and oxygen atoms in total. The fourth-order valence-corrected chi connectivity index (χ4v) is 2.84. The minimum Gasteiger partial charge on any atom is -0.496 e. The van der Waals surface area contributed by atoms with Crippen LogP contribution in [-0.2, 0) is 10.3 Å². The lowest BCUT2D eigenvalue weighted by molar-refractivity contribution is -0.133. The Labute approximate surface area is 134 Å². The Kier molecular flexibility index (Phi) is 4.91. The van der Waals surface area contributed by atoms with Crippen LogP contribution in [0.25, 0.3) is 0 Å². The molecule has 1 aliphatic rings. The molecule has 0 aliphatic carbocycles. The number of aliphatic hydroxyl groups is 2. The quantitative estimate of drug-likeness (QED) is 0.663. The van der Waals surface area contributed by atoms with Crippen LogP contribution in [0, 0.1) is 6.92 Å². The van der Waals surface area contributed by atoms with Crippen molar-refractivity contribution in [2.75, 3.05) is 20.3 Å². The van der Waals surface area contributed by atoms with Crippen LogP contribution in [0.15, 0.2) is 18.2 Å². The Bertz CT molecular complexity index is 618. The maximum atomic E-state index is 12.8. The molecule has 0 bridgehead atoms. The predicted octanol–water partition coefficient (Wildman–Crippen LogP) is 0.514. The lowest BCUT2D eigenvalue weighted by Crippen LogP contribution is -2.44. The molecule has 0 saturated carbocycles. The third-order valence-electron chi connectivity index (χ3n) is 4.20. The van der Waals surface area contributed by atoms with E-state index < -0.39 is 30.2 Å². The van der Waals surface area contributed by atoms with E-state index in [0.29, 0.717) is 17.7 Å². The number of nitrogens with zero attached hydrogens (tertiary/aromatic N) is 1. The Morgan fingerprint density at radius 2 is 2.09 bits per heavy atom. The van der Waals surface area contributed by atoms with E-state index in [0.717, 1.165) is 10.5 Å². The first-order valence-electron chi connectivity index (χ1n) is 7.47. The topological polar surface area (TPSA) is 99.1 Å². The van der Waals surface area contributed by atoms with Crippen LogP contribution in [0.5, 0.6) is 5.75 Å². The maximum Gasteiger partial charge on any atom is 0.325 e. The second-order valence-corrected chi connectivity index (χ2v) is 5.63. The van der Waals surface area contributed by atoms with Crippen molar-refractivity contribution in [1.29, 1.82) is 0 Å². The molecular formula is C16H22N2O5. The predicted molar refractivity (Wildman–Crippen MR) is 83.0 cm³/mol. The molecule has 0 spiro atoms. The van der Waals surface area contributed by atoms with E-state index in [9.17, 15) is 14.7 Å². The summed E-state index contributed by atoms with van der Waals surface area (Å²) in [6.45, 7) is 2.92. The highest BCUT2D eigenvalue weighted by molar-refractivity contribution is 6.07. The first-order valence-corrected chi connectivity index (χ1v) is 7.47. The van der Waals surface area contributed by atoms with Crippen LogP contribution in [-0.4, -0.2) is 53.4 Å². The number of carbonyl (C=O) groups excluding carboxylic acids is 2. The number of carbonyl (C=O) groups is 2. The highest BCUT2D eigenvalue weighted by atomic mass is 16.5. The normalized spacial score (nSPS) is 22.2. The van der Waals surface area contributed by atoms with Crippen molar-refractivity contribution in [3.05, 3.63) is 29.3 Å². The van der Waals surface area contributed by atoms with Gasteiger partial charge in [-0.1, -0.05) is 13.0 Å². The van der Waals surface area contributed by atoms with Crippen molar-refractivity contribution >= 4 is 11.9 Å². The Morgan fingerprint density at radius 3 is 2.61 bits per heavy atom. The van der Waals surface area contributed by atoms with E-state index >= 15 is 0 Å². The van der Waals surface area contributed by atoms with Crippen molar-refractivity contribution in [1.82, 2.24) is 10.2 Å². The van der Waals surface area contributed by atoms with Gasteiger partial charge in [-0.05, 0) is 36.6 Å². The van der Waals surface area contributed by atoms with Crippen LogP contribution in [0.2, 0.25) is 0 Å². The number of ether oxygens (including phenoxy) is 1. The van der Waals surface area contributed by atoms with Gasteiger partial charge in [0.2, 0.25) is 0 Å². The number of aryl methyl sites for hydroxylation is 1. The fourth-order valence-electron chi connectivity index (χ4n) is 2.84. The second kappa shape index (κ2) is 6.55. The van der Waals surface area contributed by atoms with Gasteiger partial charge < -0.3 is 20.3 Å². The zero-order valence-electron chi connectivity index (χ0n) is 13.5. The van der Waals surface area contributed by atoms with Crippen LogP contribution in [0.1, 0.15) is 24.5 Å². The summed E-state index contributed by atoms with van der Waals surface area (Å²) >= 11 is 0. The smallest absolute Gasteiger partial charge is 0.325 e. The number of methoxy groups -OCH3 is 1. The molecule has 2 rings (SSSR count). The molecule has 23 heavy (non-hydrogen) atoms. The number of nitrogens with one attached hydrogen (secondary N) is 1. The van der Waals surface area contributed by atoms with Gasteiger partial charge >= 0.3 is 6.03 Å². The van der Waals surface area contributed by atoms with Crippen LogP contribution < -0.4 is 10.1 Å². The largest absolute Gasteiger partial charge is 0.496 e. The summed E-state index contributed by atoms with van der Waals surface area (Å²) in [4.78, 5) is 25.9. The molecule has 2 atom stereocenters. The van der Waals surface area contributed by atoms with Gasteiger partial charge in [-0.2, -0.15) is 0 Å². The monoisotopic (exact) mass is 322 g/mol. The molecule has 0 aromatic heterocycles. The number of urea groups is 1. The summed E-state index contributed by atoms with van der Waals surface area (Å²) in [6.07, 6.45) is -0.787. The van der Waals surface area contributed by atoms with Gasteiger partial charge in [-0.15, -0.1) is 0 Å². The third-order valence-corrected chi connectivity index (χ3v) is 4.20. The van der Waals surface area contributed by atoms with Crippen molar-refractivity contribution in [2.45, 2.75) is 31.9 Å². The number of rotatable bonds is 6. The Balaban J connectivity index is 2.40. The number of hydrogen-bond donors (Lipinski definition) is 3. The van der Waals surface area contributed by atoms with Gasteiger partial charge in [0.05, 0.1) is 26.4 Å². The SMILES string of the molecule is CCC1(c2ccc(OC)c(C)c2)NC(=O)N(CC(O)CO)C1=O. The summed E-state index contributed by atoms with van der Waals surface area (Å²) < 4.78 is 5.22. The van der Waals surface area contributed by atoms with Gasteiger partial charge in [0.1, 0.15) is 11.3 Å². The van der Waals surface area contributed by atoms with E-state index in [1.807, 2.05) is 19.9 Å². The first-order chi connectivity index (χ1) is 10.9. The minimum atomic E-state index is -1.16. The standard InChI is InChI=1S/C16H22N2O5/c1-4-16(11-5-6-13(23-3)10(2)7-11)14(21)18(15(22)17-16)8-12(20)9-19/h5-7,12,19-20H,4,8-9H2,1-3H3,(H,17,22). The van der Waals surface area contributed by atoms with E-state index in [1.54, 1.807) is 19.2 Å². The van der Waals surface area contributed by atoms with Crippen molar-refractivity contribution in [3.8, 4) is 5.75 Å². The van der Waals surface area contributed by atoms with Crippen LogP contribution >= 0.6 is 0 Å². The van der Waals surface area contributed by atoms with E-state index in [-0.39, 0.29) is 6.54 Å². The Morgan fingerprint density at radius 1 is 1.39 bits per heavy atom. The average molecular weight is 322 g/mol. The Hall–Kier alpha value is -2.12. The summed E-state index contributed by atoms with van der Waals surface area (Å²) in [5.41, 5.74) is 0.356. The van der Waals surface area contributed by atoms with Gasteiger partial charge in [0, 0.05) is 0 Å². The van der Waals surface area contributed by atoms with E-state index in [2.05, 4.69) is 5.32 Å². The second-order valence-electron chi connectivity index (χ2n) is 5.63. The number of hydrogen-bond acceptors (Lipinski definition) is 5. The minimum absolute atomic E-state index is 0.238. The molecule has 1 aromatic carbocycles. The summed E-state index contributed by atoms with van der Waals surface area (Å²) in [7, 11) is 1.57. The van der Waals surface area contributed by atoms with Gasteiger partial charge in [-0.25, -0.2) is 4.79 Å². The average Bonchev–Trinajstić information content (AvgIpc) is 2.79. The van der Waals surface area contributed by atoms with Crippen molar-refractivity contribution in [2.24, 2.45) is 0 Å². The maximum absolute atomic E-state index is 12.8. The van der Waals surface area contributed by atoms with Crippen LogP contribution in [0.4, 0.5) is 4.79 Å². The number of amides is 3. The van der Waals surface area contributed by atoms with E-state index in [4.69, 9.17) is 9.84 Å². The molecule has 2 unspecified atom stereocenters. The van der Waals surface area contributed by atoms with Gasteiger partial charge in [0.15, 0.2) is 0 Å². The molecule has 1 aromatic rings. The molecule has 0 radical (unpaired) electrons. The molecular weight excluding hydrogens is 300 g/mol. The third kappa shape index (κ3) is 2.89. The zero-order valence-corrected chi connectivity index (χ0v) is 13.5. The fraction of sp³-hybridized carbons (Fsp3) is 0.500. The number of aliphatic hydroxyl groups excluding tert-OH is 2. The van der Waals surface area contributed by atoms with Crippen LogP contribution in [0.3, 0.4) is 0 Å². The summed E-state index contributed by atoms with van der Waals surface area (Å²) in [5, 5.41) is 21.2. The molecule has 3 amide bonds. The first kappa shape index (κ1) is 17.2. The highest BCUT2D eigenvalue weighted by Crippen LogP contribution is 2.34. The molecule has 1 heterocycles. The molecule has 3 N–H and O–H groups in total. The number of β-amino-alcohol motifs (C(OH)–C–C–N with tert-alkyl or cyclic N) is 1. The van der Waals surface area contributed by atoms with Gasteiger partial charge in [-0.3, -0.25) is 9.69 Å². The van der Waals surface area contributed by atoms with Crippen molar-refractivity contribution in [3.63, 3.8) is 0 Å². The lowest BCUT2D eigenvalue weighted by Gasteiger charge is -2.27. The molecule has 126 valence electrons. The zero-order chi connectivity index (χ0) is 17.2. The number of imide groups is 1. The molecule has 7 heteroatoms. The molecule has 1 fully saturated rings. The van der Waals surface area contributed by atoms with E-state index in [1.165, 1.54) is 0 Å². The molecule has 1 saturated heterocycles. The molecule has 1 aliphatic heterocycles. The van der Waals surface area contributed by atoms with Gasteiger partial charge in [0.25, 0.3) is 5.91 Å². The lowest BCUT2D eigenvalue weighted by atomic mass is 9.86. The number of benzene rings is 1. The summed E-state index contributed by atoms with van der Waals surface area (Å²) in [5.74, 6) is 0.270. The summed E-state index contributed by atoms with van der Waals surface area (Å²) in [6, 6.07) is 4.75. The van der Waals surface area contributed by atoms with Crippen molar-refractivity contribution < 1.29 is 24.5 Å². The highest BCUT2D eigenvalue weighted by Gasteiger charge is 2.51.